The van der Waals surface area contributed by atoms with Gasteiger partial charge in [0.1, 0.15) is 0 Å². The highest BCUT2D eigenvalue weighted by Gasteiger charge is 2.03. The Morgan fingerprint density at radius 2 is 2.29 bits per heavy atom. The van der Waals surface area contributed by atoms with E-state index in [-0.39, 0.29) is 0 Å². The van der Waals surface area contributed by atoms with Crippen LogP contribution in [0.4, 0.5) is 0 Å². The molecular weight excluding hydrogens is 214 g/mol. The average Bonchev–Trinajstić information content (AvgIpc) is 2.57. The lowest BCUT2D eigenvalue weighted by Crippen LogP contribution is -2.11. The summed E-state index contributed by atoms with van der Waals surface area (Å²) < 4.78 is 1.31. The molecule has 0 radical (unpaired) electrons. The lowest BCUT2D eigenvalue weighted by atomic mass is 10.2. The molecule has 0 saturated heterocycles. The van der Waals surface area contributed by atoms with E-state index < -0.39 is 0 Å². The summed E-state index contributed by atoms with van der Waals surface area (Å²) in [5, 5.41) is 7.62. The van der Waals surface area contributed by atoms with Gasteiger partial charge >= 0.3 is 0 Å². The van der Waals surface area contributed by atoms with Crippen molar-refractivity contribution in [2.24, 2.45) is 0 Å². The van der Waals surface area contributed by atoms with Gasteiger partial charge in [0.2, 0.25) is 0 Å². The van der Waals surface area contributed by atoms with Crippen LogP contribution in [0.2, 0.25) is 5.02 Å². The molecule has 0 aliphatic rings. The van der Waals surface area contributed by atoms with E-state index in [0.717, 1.165) is 18.1 Å². The highest BCUT2D eigenvalue weighted by Crippen LogP contribution is 2.28. The SMILES string of the molecule is CCNCc1csc2ccc(Cl)cc12. The van der Waals surface area contributed by atoms with Crippen LogP contribution < -0.4 is 5.32 Å². The van der Waals surface area contributed by atoms with Crippen LogP contribution in [0.5, 0.6) is 0 Å². The third-order valence-corrected chi connectivity index (χ3v) is 3.43. The van der Waals surface area contributed by atoms with Gasteiger partial charge in [-0.25, -0.2) is 0 Å². The number of halogens is 1. The molecule has 1 aromatic carbocycles. The molecule has 0 atom stereocenters. The Kier molecular flexibility index (Phi) is 3.06. The fourth-order valence-corrected chi connectivity index (χ4v) is 2.57. The number of hydrogen-bond acceptors (Lipinski definition) is 2. The number of nitrogens with one attached hydrogen (secondary N) is 1. The average molecular weight is 226 g/mol. The van der Waals surface area contributed by atoms with E-state index in [4.69, 9.17) is 11.6 Å². The molecule has 0 fully saturated rings. The minimum Gasteiger partial charge on any atom is -0.313 e. The summed E-state index contributed by atoms with van der Waals surface area (Å²) in [5.74, 6) is 0. The first-order valence-electron chi connectivity index (χ1n) is 4.67. The molecule has 0 aliphatic heterocycles. The van der Waals surface area contributed by atoms with Crippen LogP contribution in [-0.2, 0) is 6.54 Å². The Morgan fingerprint density at radius 1 is 1.43 bits per heavy atom. The van der Waals surface area contributed by atoms with Crippen LogP contribution in [0, 0.1) is 0 Å². The van der Waals surface area contributed by atoms with Gasteiger partial charge in [-0.15, -0.1) is 11.3 Å². The maximum atomic E-state index is 5.97. The first kappa shape index (κ1) is 9.97. The second-order valence-electron chi connectivity index (χ2n) is 3.18. The van der Waals surface area contributed by atoms with E-state index in [0.29, 0.717) is 0 Å². The summed E-state index contributed by atoms with van der Waals surface area (Å²) in [6, 6.07) is 6.06. The van der Waals surface area contributed by atoms with Crippen LogP contribution in [0.25, 0.3) is 10.1 Å². The van der Waals surface area contributed by atoms with Gasteiger partial charge in [0.15, 0.2) is 0 Å². The molecule has 1 heterocycles. The third kappa shape index (κ3) is 1.92. The van der Waals surface area contributed by atoms with Crippen LogP contribution >= 0.6 is 22.9 Å². The first-order chi connectivity index (χ1) is 6.81. The maximum absolute atomic E-state index is 5.97. The van der Waals surface area contributed by atoms with Gasteiger partial charge in [-0.1, -0.05) is 18.5 Å². The number of rotatable bonds is 3. The highest BCUT2D eigenvalue weighted by atomic mass is 35.5. The number of benzene rings is 1. The van der Waals surface area contributed by atoms with Gasteiger partial charge in [-0.05, 0) is 41.1 Å². The molecule has 0 bridgehead atoms. The zero-order valence-electron chi connectivity index (χ0n) is 8.01. The summed E-state index contributed by atoms with van der Waals surface area (Å²) in [6.07, 6.45) is 0. The number of fused-ring (bicyclic) bond motifs is 1. The summed E-state index contributed by atoms with van der Waals surface area (Å²) >= 11 is 7.74. The van der Waals surface area contributed by atoms with E-state index in [2.05, 4.69) is 23.7 Å². The molecule has 74 valence electrons. The molecule has 0 unspecified atom stereocenters. The third-order valence-electron chi connectivity index (χ3n) is 2.18. The quantitative estimate of drug-likeness (QED) is 0.841. The highest BCUT2D eigenvalue weighted by molar-refractivity contribution is 7.17. The molecule has 2 rings (SSSR count). The monoisotopic (exact) mass is 225 g/mol. The van der Waals surface area contributed by atoms with Crippen molar-refractivity contribution in [2.45, 2.75) is 13.5 Å². The van der Waals surface area contributed by atoms with Crippen molar-refractivity contribution >= 4 is 33.0 Å². The van der Waals surface area contributed by atoms with E-state index >= 15 is 0 Å². The molecule has 0 saturated carbocycles. The van der Waals surface area contributed by atoms with Crippen molar-refractivity contribution in [1.29, 1.82) is 0 Å². The standard InChI is InChI=1S/C11H12ClNS/c1-2-13-6-8-7-14-11-4-3-9(12)5-10(8)11/h3-5,7,13H,2,6H2,1H3. The van der Waals surface area contributed by atoms with Crippen molar-refractivity contribution < 1.29 is 0 Å². The lowest BCUT2D eigenvalue weighted by molar-refractivity contribution is 0.732. The first-order valence-corrected chi connectivity index (χ1v) is 5.93. The Balaban J connectivity index is 2.40. The summed E-state index contributed by atoms with van der Waals surface area (Å²) in [7, 11) is 0. The van der Waals surface area contributed by atoms with Gasteiger partial charge in [0.05, 0.1) is 0 Å². The topological polar surface area (TPSA) is 12.0 Å². The molecule has 2 aromatic rings. The molecular formula is C11H12ClNS. The molecule has 0 spiro atoms. The fraction of sp³-hybridized carbons (Fsp3) is 0.273. The smallest absolute Gasteiger partial charge is 0.0413 e. The predicted octanol–water partition coefficient (Wildman–Crippen LogP) is 3.66. The van der Waals surface area contributed by atoms with E-state index in [9.17, 15) is 0 Å². The van der Waals surface area contributed by atoms with Crippen LogP contribution in [0.3, 0.4) is 0 Å². The second kappa shape index (κ2) is 4.30. The Hall–Kier alpha value is -0.570. The summed E-state index contributed by atoms with van der Waals surface area (Å²) in [4.78, 5) is 0. The predicted molar refractivity (Wildman–Crippen MR) is 64.2 cm³/mol. The second-order valence-corrected chi connectivity index (χ2v) is 4.53. The number of thiophene rings is 1. The van der Waals surface area contributed by atoms with Gasteiger partial charge in [0, 0.05) is 16.3 Å². The van der Waals surface area contributed by atoms with Gasteiger partial charge in [-0.3, -0.25) is 0 Å². The number of hydrogen-bond donors (Lipinski definition) is 1. The van der Waals surface area contributed by atoms with E-state index in [1.807, 2.05) is 12.1 Å². The zero-order chi connectivity index (χ0) is 9.97. The van der Waals surface area contributed by atoms with E-state index in [1.54, 1.807) is 11.3 Å². The summed E-state index contributed by atoms with van der Waals surface area (Å²) in [6.45, 7) is 4.04. The van der Waals surface area contributed by atoms with Crippen LogP contribution in [-0.4, -0.2) is 6.54 Å². The molecule has 0 amide bonds. The van der Waals surface area contributed by atoms with Crippen molar-refractivity contribution in [3.05, 3.63) is 34.2 Å². The van der Waals surface area contributed by atoms with Crippen LogP contribution in [0.1, 0.15) is 12.5 Å². The molecule has 0 aliphatic carbocycles. The van der Waals surface area contributed by atoms with Gasteiger partial charge in [0.25, 0.3) is 0 Å². The lowest BCUT2D eigenvalue weighted by Gasteiger charge is -2.00. The van der Waals surface area contributed by atoms with Crippen LogP contribution in [0.15, 0.2) is 23.6 Å². The Morgan fingerprint density at radius 3 is 3.07 bits per heavy atom. The molecule has 1 aromatic heterocycles. The Labute approximate surface area is 92.7 Å². The molecule has 1 nitrogen and oxygen atoms in total. The zero-order valence-corrected chi connectivity index (χ0v) is 9.58. The molecule has 3 heteroatoms. The minimum atomic E-state index is 0.814. The minimum absolute atomic E-state index is 0.814. The molecule has 1 N–H and O–H groups in total. The fourth-order valence-electron chi connectivity index (χ4n) is 1.45. The van der Waals surface area contributed by atoms with E-state index in [1.165, 1.54) is 15.6 Å². The Bertz CT molecular complexity index is 436. The summed E-state index contributed by atoms with van der Waals surface area (Å²) in [5.41, 5.74) is 1.34. The van der Waals surface area contributed by atoms with Crippen molar-refractivity contribution in [3.63, 3.8) is 0 Å². The van der Waals surface area contributed by atoms with Crippen molar-refractivity contribution in [2.75, 3.05) is 6.54 Å². The largest absolute Gasteiger partial charge is 0.313 e. The maximum Gasteiger partial charge on any atom is 0.0413 e. The van der Waals surface area contributed by atoms with Gasteiger partial charge in [-0.2, -0.15) is 0 Å². The normalized spacial score (nSPS) is 11.0. The van der Waals surface area contributed by atoms with Crippen molar-refractivity contribution in [1.82, 2.24) is 5.32 Å². The molecule has 14 heavy (non-hydrogen) atoms. The van der Waals surface area contributed by atoms with Crippen molar-refractivity contribution in [3.8, 4) is 0 Å². The van der Waals surface area contributed by atoms with Gasteiger partial charge < -0.3 is 5.32 Å².